The van der Waals surface area contributed by atoms with E-state index in [1.807, 2.05) is 55.4 Å². The Bertz CT molecular complexity index is 165. The second-order valence-electron chi connectivity index (χ2n) is 5.32. The molecule has 0 aromatic rings. The van der Waals surface area contributed by atoms with Crippen LogP contribution in [-0.4, -0.2) is 31.4 Å². The van der Waals surface area contributed by atoms with Crippen molar-refractivity contribution in [2.45, 2.75) is 79.8 Å². The first-order chi connectivity index (χ1) is 7.67. The van der Waals surface area contributed by atoms with E-state index in [2.05, 4.69) is 0 Å². The third kappa shape index (κ3) is 9.79. The van der Waals surface area contributed by atoms with Gasteiger partial charge in [-0.05, 0) is 55.4 Å². The van der Waals surface area contributed by atoms with Crippen molar-refractivity contribution in [2.24, 2.45) is 0 Å². The van der Waals surface area contributed by atoms with E-state index >= 15 is 0 Å². The van der Waals surface area contributed by atoms with Crippen molar-refractivity contribution >= 4 is 6.96 Å². The van der Waals surface area contributed by atoms with Crippen molar-refractivity contribution in [1.29, 1.82) is 0 Å². The van der Waals surface area contributed by atoms with Crippen LogP contribution in [0.5, 0.6) is 0 Å². The molecule has 4 nitrogen and oxygen atoms in total. The Morgan fingerprint density at radius 1 is 0.500 bits per heavy atom. The summed E-state index contributed by atoms with van der Waals surface area (Å²) in [6, 6.07) is 0. The molecule has 0 aromatic carbocycles. The second-order valence-corrected chi connectivity index (χ2v) is 5.32. The van der Waals surface area contributed by atoms with Crippen LogP contribution in [-0.2, 0) is 18.6 Å². The number of rotatable bonds is 8. The molecule has 0 rings (SSSR count). The maximum absolute atomic E-state index is 5.77. The van der Waals surface area contributed by atoms with Crippen molar-refractivity contribution in [3.63, 3.8) is 0 Å². The first kappa shape index (κ1) is 21.2. The summed E-state index contributed by atoms with van der Waals surface area (Å²) >= 11 is 0. The molecule has 0 spiro atoms. The minimum absolute atomic E-state index is 0. The van der Waals surface area contributed by atoms with Gasteiger partial charge in [0.1, 0.15) is 0 Å². The summed E-state index contributed by atoms with van der Waals surface area (Å²) in [5.74, 6) is 0. The minimum Gasteiger partial charge on any atom is -0.516 e. The molecule has 0 atom stereocenters. The fourth-order valence-corrected chi connectivity index (χ4v) is 1.53. The van der Waals surface area contributed by atoms with Gasteiger partial charge in [0.15, 0.2) is 0 Å². The maximum atomic E-state index is 5.77. The topological polar surface area (TPSA) is 36.9 Å². The molecule has 104 valence electrons. The average molecular weight is 270 g/mol. The second kappa shape index (κ2) is 9.75. The minimum atomic E-state index is -2.15. The molecule has 0 saturated heterocycles. The zero-order valence-corrected chi connectivity index (χ0v) is 15.5. The van der Waals surface area contributed by atoms with Gasteiger partial charge in [0.2, 0.25) is 0 Å². The molecule has 0 unspecified atom stereocenters. The van der Waals surface area contributed by atoms with E-state index in [9.17, 15) is 0 Å². The third-order valence-corrected chi connectivity index (χ3v) is 1.76. The monoisotopic (exact) mass is 270 g/mol. The summed E-state index contributed by atoms with van der Waals surface area (Å²) in [7, 11) is 0. The molecule has 18 heavy (non-hydrogen) atoms. The molecule has 6 heteroatoms. The van der Waals surface area contributed by atoms with Gasteiger partial charge in [-0.3, -0.25) is 0 Å². The van der Waals surface area contributed by atoms with Crippen LogP contribution < -0.4 is 29.6 Å². The number of hydrogen-bond donors (Lipinski definition) is 0. The molecule has 0 aromatic heterocycles. The molecular weight excluding hydrogens is 242 g/mol. The first-order valence-corrected chi connectivity index (χ1v) is 6.50. The van der Waals surface area contributed by atoms with Crippen LogP contribution in [0.1, 0.15) is 55.4 Å². The normalized spacial score (nSPS) is 12.7. The molecule has 0 fully saturated rings. The Balaban J connectivity index is 0. The summed E-state index contributed by atoms with van der Waals surface area (Å²) in [4.78, 5) is 0. The smallest absolute Gasteiger partial charge is 0.516 e. The van der Waals surface area contributed by atoms with Crippen LogP contribution in [0.3, 0.4) is 0 Å². The van der Waals surface area contributed by atoms with Gasteiger partial charge < -0.3 is 18.6 Å². The van der Waals surface area contributed by atoms with Gasteiger partial charge in [-0.2, -0.15) is 0 Å². The summed E-state index contributed by atoms with van der Waals surface area (Å²) in [5, 5.41) is 0. The van der Waals surface area contributed by atoms with Crippen molar-refractivity contribution in [1.82, 2.24) is 0 Å². The fourth-order valence-electron chi connectivity index (χ4n) is 1.53. The Kier molecular flexibility index (Phi) is 11.5. The maximum Gasteiger partial charge on any atom is 1.00 e. The Hall–Kier alpha value is 0.905. The predicted octanol–water partition coefficient (Wildman–Crippen LogP) is 0.126. The largest absolute Gasteiger partial charge is 1.00 e. The molecule has 0 aliphatic carbocycles. The van der Waals surface area contributed by atoms with Crippen LogP contribution in [0.25, 0.3) is 0 Å². The van der Waals surface area contributed by atoms with Crippen LogP contribution in [0, 0.1) is 0 Å². The van der Waals surface area contributed by atoms with Gasteiger partial charge >= 0.3 is 36.5 Å². The van der Waals surface area contributed by atoms with Crippen LogP contribution in [0.15, 0.2) is 0 Å². The Morgan fingerprint density at radius 2 is 0.667 bits per heavy atom. The van der Waals surface area contributed by atoms with Crippen LogP contribution in [0.4, 0.5) is 0 Å². The van der Waals surface area contributed by atoms with E-state index in [1.54, 1.807) is 0 Å². The molecular formula is C12H28BNaO4. The van der Waals surface area contributed by atoms with Crippen LogP contribution >= 0.6 is 0 Å². The van der Waals surface area contributed by atoms with Gasteiger partial charge in [-0.25, -0.2) is 0 Å². The van der Waals surface area contributed by atoms with Crippen molar-refractivity contribution in [2.75, 3.05) is 0 Å². The molecule has 0 saturated carbocycles. The molecule has 0 radical (unpaired) electrons. The van der Waals surface area contributed by atoms with E-state index in [4.69, 9.17) is 18.6 Å². The van der Waals surface area contributed by atoms with E-state index in [0.717, 1.165) is 0 Å². The fraction of sp³-hybridized carbons (Fsp3) is 1.00. The molecule has 0 N–H and O–H groups in total. The van der Waals surface area contributed by atoms with E-state index in [0.29, 0.717) is 0 Å². The van der Waals surface area contributed by atoms with Gasteiger partial charge in [0.05, 0.1) is 0 Å². The SMILES string of the molecule is CC(C)O[B-](OC(C)C)(OC(C)C)OC(C)C.[Na+]. The van der Waals surface area contributed by atoms with E-state index < -0.39 is 6.96 Å². The predicted molar refractivity (Wildman–Crippen MR) is 70.6 cm³/mol. The van der Waals surface area contributed by atoms with Gasteiger partial charge in [-0.1, -0.05) is 0 Å². The number of hydrogen-bond acceptors (Lipinski definition) is 4. The summed E-state index contributed by atoms with van der Waals surface area (Å²) in [5.41, 5.74) is 0. The van der Waals surface area contributed by atoms with Gasteiger partial charge in [0.25, 0.3) is 0 Å². The first-order valence-electron chi connectivity index (χ1n) is 6.50. The third-order valence-electron chi connectivity index (χ3n) is 1.76. The summed E-state index contributed by atoms with van der Waals surface area (Å²) in [6.45, 7) is 13.4. The standard InChI is InChI=1S/C12H28BO4.Na/c1-9(2)14-13(15-10(3)4,16-11(5)6)17-12(7)8;/h9-12H,1-8H3;/q-1;+1. The van der Waals surface area contributed by atoms with Gasteiger partial charge in [-0.15, -0.1) is 0 Å². The Morgan fingerprint density at radius 3 is 0.778 bits per heavy atom. The molecule has 0 bridgehead atoms. The van der Waals surface area contributed by atoms with Crippen molar-refractivity contribution in [3.8, 4) is 0 Å². The van der Waals surface area contributed by atoms with Crippen LogP contribution in [0.2, 0.25) is 0 Å². The summed E-state index contributed by atoms with van der Waals surface area (Å²) in [6.07, 6.45) is -0.0880. The average Bonchev–Trinajstić information content (AvgIpc) is 1.95. The van der Waals surface area contributed by atoms with E-state index in [1.165, 1.54) is 0 Å². The Labute approximate surface area is 134 Å². The molecule has 0 aliphatic heterocycles. The summed E-state index contributed by atoms with van der Waals surface area (Å²) < 4.78 is 23.1. The zero-order valence-electron chi connectivity index (χ0n) is 13.5. The molecule has 0 amide bonds. The van der Waals surface area contributed by atoms with Crippen molar-refractivity contribution < 1.29 is 48.2 Å². The molecule has 0 aliphatic rings. The van der Waals surface area contributed by atoms with E-state index in [-0.39, 0.29) is 54.0 Å². The van der Waals surface area contributed by atoms with Gasteiger partial charge in [0, 0.05) is 24.4 Å². The van der Waals surface area contributed by atoms with Crippen molar-refractivity contribution in [3.05, 3.63) is 0 Å². The quantitative estimate of drug-likeness (QED) is 0.587. The molecule has 0 heterocycles. The zero-order chi connectivity index (χ0) is 13.6.